The first-order valence-corrected chi connectivity index (χ1v) is 7.06. The number of nitro benzene ring substituents is 1. The highest BCUT2D eigenvalue weighted by atomic mass is 35.5. The van der Waals surface area contributed by atoms with Gasteiger partial charge in [0.05, 0.1) is 4.92 Å². The van der Waals surface area contributed by atoms with E-state index in [9.17, 15) is 10.1 Å². The number of anilines is 1. The minimum Gasteiger partial charge on any atom is -0.366 e. The van der Waals surface area contributed by atoms with E-state index in [1.54, 1.807) is 18.2 Å². The molecule has 0 aliphatic heterocycles. The van der Waals surface area contributed by atoms with Gasteiger partial charge in [-0.25, -0.2) is 0 Å². The zero-order valence-electron chi connectivity index (χ0n) is 11.3. The summed E-state index contributed by atoms with van der Waals surface area (Å²) in [6, 6.07) is 5.48. The number of halogens is 1. The van der Waals surface area contributed by atoms with Crippen molar-refractivity contribution in [3.8, 4) is 0 Å². The van der Waals surface area contributed by atoms with Crippen LogP contribution in [-0.2, 0) is 0 Å². The van der Waals surface area contributed by atoms with Gasteiger partial charge in [-0.05, 0) is 30.9 Å². The first-order valence-electron chi connectivity index (χ1n) is 6.68. The fraction of sp³-hybridized carbons (Fsp3) is 0.571. The second-order valence-electron chi connectivity index (χ2n) is 5.30. The van der Waals surface area contributed by atoms with E-state index in [1.807, 2.05) is 11.9 Å². The Labute approximate surface area is 118 Å². The monoisotopic (exact) mass is 282 g/mol. The predicted octanol–water partition coefficient (Wildman–Crippen LogP) is 4.26. The largest absolute Gasteiger partial charge is 0.366 e. The summed E-state index contributed by atoms with van der Waals surface area (Å²) in [7, 11) is 1.94. The zero-order valence-corrected chi connectivity index (χ0v) is 12.1. The summed E-state index contributed by atoms with van der Waals surface area (Å²) in [5, 5.41) is 11.4. The van der Waals surface area contributed by atoms with Crippen molar-refractivity contribution in [2.45, 2.75) is 38.6 Å². The van der Waals surface area contributed by atoms with Crippen molar-refractivity contribution < 1.29 is 4.92 Å². The molecule has 5 heteroatoms. The third-order valence-corrected chi connectivity index (χ3v) is 4.40. The summed E-state index contributed by atoms with van der Waals surface area (Å²) >= 11 is 5.98. The molecule has 0 spiro atoms. The van der Waals surface area contributed by atoms with E-state index in [1.165, 1.54) is 19.3 Å². The van der Waals surface area contributed by atoms with Gasteiger partial charge >= 0.3 is 5.69 Å². The van der Waals surface area contributed by atoms with E-state index in [-0.39, 0.29) is 15.6 Å². The minimum absolute atomic E-state index is 0.0180. The molecular formula is C14H19ClN2O2. The fourth-order valence-corrected chi connectivity index (χ4v) is 3.26. The maximum atomic E-state index is 11.2. The fourth-order valence-electron chi connectivity index (χ4n) is 3.02. The van der Waals surface area contributed by atoms with E-state index in [4.69, 9.17) is 11.6 Å². The van der Waals surface area contributed by atoms with Crippen LogP contribution < -0.4 is 4.90 Å². The van der Waals surface area contributed by atoms with Crippen LogP contribution in [0.3, 0.4) is 0 Å². The van der Waals surface area contributed by atoms with Crippen LogP contribution in [0.4, 0.5) is 11.4 Å². The van der Waals surface area contributed by atoms with Gasteiger partial charge in [0, 0.05) is 13.1 Å². The second kappa shape index (κ2) is 5.78. The van der Waals surface area contributed by atoms with E-state index in [0.717, 1.165) is 6.42 Å². The van der Waals surface area contributed by atoms with Gasteiger partial charge in [0.2, 0.25) is 0 Å². The van der Waals surface area contributed by atoms with Crippen LogP contribution in [0.25, 0.3) is 0 Å². The summed E-state index contributed by atoms with van der Waals surface area (Å²) in [5.74, 6) is 0.553. The molecule has 0 heterocycles. The number of nitrogens with zero attached hydrogens (tertiary/aromatic N) is 2. The minimum atomic E-state index is -0.387. The molecule has 4 nitrogen and oxygen atoms in total. The summed E-state index contributed by atoms with van der Waals surface area (Å²) in [5.41, 5.74) is 0.640. The summed E-state index contributed by atoms with van der Waals surface area (Å²) in [6.07, 6.45) is 4.71. The first kappa shape index (κ1) is 14.1. The van der Waals surface area contributed by atoms with Gasteiger partial charge in [-0.15, -0.1) is 0 Å². The summed E-state index contributed by atoms with van der Waals surface area (Å²) in [4.78, 5) is 12.9. The van der Waals surface area contributed by atoms with Gasteiger partial charge in [0.15, 0.2) is 0 Å². The van der Waals surface area contributed by atoms with Crippen LogP contribution in [0.1, 0.15) is 32.6 Å². The van der Waals surface area contributed by atoms with Gasteiger partial charge in [-0.3, -0.25) is 10.1 Å². The second-order valence-corrected chi connectivity index (χ2v) is 5.71. The lowest BCUT2D eigenvalue weighted by Gasteiger charge is -2.37. The quantitative estimate of drug-likeness (QED) is 0.614. The molecule has 0 radical (unpaired) electrons. The smallest absolute Gasteiger partial charge is 0.310 e. The number of para-hydroxylation sites is 1. The van der Waals surface area contributed by atoms with E-state index < -0.39 is 0 Å². The number of nitro groups is 1. The molecular weight excluding hydrogens is 264 g/mol. The number of hydrogen-bond acceptors (Lipinski definition) is 3. The molecule has 1 aromatic rings. The first-order chi connectivity index (χ1) is 9.02. The average Bonchev–Trinajstić information content (AvgIpc) is 2.37. The van der Waals surface area contributed by atoms with E-state index >= 15 is 0 Å². The molecule has 19 heavy (non-hydrogen) atoms. The van der Waals surface area contributed by atoms with Gasteiger partial charge in [0.25, 0.3) is 0 Å². The molecule has 0 N–H and O–H groups in total. The molecule has 104 valence electrons. The summed E-state index contributed by atoms with van der Waals surface area (Å²) in [6.45, 7) is 2.22. The third-order valence-electron chi connectivity index (χ3n) is 4.09. The Bertz CT molecular complexity index is 479. The van der Waals surface area contributed by atoms with Crippen LogP contribution in [0.2, 0.25) is 5.02 Å². The number of rotatable bonds is 3. The zero-order chi connectivity index (χ0) is 14.0. The molecule has 1 aromatic carbocycles. The molecule has 0 saturated heterocycles. The topological polar surface area (TPSA) is 46.4 Å². The maximum absolute atomic E-state index is 11.2. The van der Waals surface area contributed by atoms with Crippen molar-refractivity contribution in [3.63, 3.8) is 0 Å². The highest BCUT2D eigenvalue weighted by molar-refractivity contribution is 6.33. The van der Waals surface area contributed by atoms with Crippen molar-refractivity contribution in [1.82, 2.24) is 0 Å². The Hall–Kier alpha value is -1.29. The van der Waals surface area contributed by atoms with E-state index in [0.29, 0.717) is 17.6 Å². The average molecular weight is 283 g/mol. The molecule has 1 saturated carbocycles. The normalized spacial score (nSPS) is 23.1. The Kier molecular flexibility index (Phi) is 4.30. The van der Waals surface area contributed by atoms with Crippen LogP contribution in [-0.4, -0.2) is 18.0 Å². The highest BCUT2D eigenvalue weighted by Gasteiger charge is 2.29. The molecule has 1 fully saturated rings. The third kappa shape index (κ3) is 2.84. The Morgan fingerprint density at radius 1 is 1.37 bits per heavy atom. The SMILES string of the molecule is CC1CCCCC1N(C)c1cccc(Cl)c1[N+](=O)[O-]. The molecule has 0 amide bonds. The van der Waals surface area contributed by atoms with Crippen molar-refractivity contribution in [1.29, 1.82) is 0 Å². The Morgan fingerprint density at radius 3 is 2.68 bits per heavy atom. The van der Waals surface area contributed by atoms with Crippen LogP contribution >= 0.6 is 11.6 Å². The van der Waals surface area contributed by atoms with Gasteiger partial charge in [-0.2, -0.15) is 0 Å². The molecule has 2 atom stereocenters. The summed E-state index contributed by atoms with van der Waals surface area (Å²) < 4.78 is 0. The van der Waals surface area contributed by atoms with Crippen molar-refractivity contribution in [3.05, 3.63) is 33.3 Å². The molecule has 1 aliphatic carbocycles. The van der Waals surface area contributed by atoms with E-state index in [2.05, 4.69) is 6.92 Å². The van der Waals surface area contributed by atoms with Crippen molar-refractivity contribution >= 4 is 23.0 Å². The Morgan fingerprint density at radius 2 is 2.05 bits per heavy atom. The standard InChI is InChI=1S/C14H19ClN2O2/c1-10-6-3-4-8-12(10)16(2)13-9-5-7-11(15)14(13)17(18)19/h5,7,9-10,12H,3-4,6,8H2,1-2H3. The van der Waals surface area contributed by atoms with Crippen LogP contribution in [0.5, 0.6) is 0 Å². The van der Waals surface area contributed by atoms with Crippen LogP contribution in [0.15, 0.2) is 18.2 Å². The lowest BCUT2D eigenvalue weighted by Crippen LogP contribution is -2.39. The number of hydrogen-bond donors (Lipinski definition) is 0. The molecule has 0 aromatic heterocycles. The highest BCUT2D eigenvalue weighted by Crippen LogP contribution is 2.38. The Balaban J connectivity index is 2.35. The van der Waals surface area contributed by atoms with Gasteiger partial charge < -0.3 is 4.90 Å². The molecule has 2 rings (SSSR count). The number of benzene rings is 1. The van der Waals surface area contributed by atoms with Crippen molar-refractivity contribution in [2.24, 2.45) is 5.92 Å². The molecule has 1 aliphatic rings. The molecule has 2 unspecified atom stereocenters. The lowest BCUT2D eigenvalue weighted by atomic mass is 9.85. The van der Waals surface area contributed by atoms with Crippen LogP contribution in [0, 0.1) is 16.0 Å². The van der Waals surface area contributed by atoms with Crippen molar-refractivity contribution in [2.75, 3.05) is 11.9 Å². The maximum Gasteiger partial charge on any atom is 0.310 e. The predicted molar refractivity (Wildman–Crippen MR) is 77.9 cm³/mol. The lowest BCUT2D eigenvalue weighted by molar-refractivity contribution is -0.384. The molecule has 0 bridgehead atoms. The van der Waals surface area contributed by atoms with Gasteiger partial charge in [-0.1, -0.05) is 37.4 Å². The van der Waals surface area contributed by atoms with Gasteiger partial charge in [0.1, 0.15) is 10.7 Å².